The smallest absolute Gasteiger partial charge is 0.472 e. The van der Waals surface area contributed by atoms with Crippen LogP contribution in [0.1, 0.15) is 162 Å². The highest BCUT2D eigenvalue weighted by Gasteiger charge is 2.28. The van der Waals surface area contributed by atoms with Gasteiger partial charge in [0.25, 0.3) is 0 Å². The highest BCUT2D eigenvalue weighted by molar-refractivity contribution is 7.47. The molecule has 0 fully saturated rings. The summed E-state index contributed by atoms with van der Waals surface area (Å²) in [5.41, 5.74) is 5.33. The summed E-state index contributed by atoms with van der Waals surface area (Å²) >= 11 is 0. The molecule has 0 aliphatic carbocycles. The molecule has 0 aliphatic rings. The molecule has 0 aromatic heterocycles. The van der Waals surface area contributed by atoms with E-state index in [1.165, 1.54) is 44.9 Å². The number of carbonyl (C=O) groups is 3. The van der Waals surface area contributed by atoms with Gasteiger partial charge in [0, 0.05) is 12.8 Å². The van der Waals surface area contributed by atoms with Crippen LogP contribution < -0.4 is 5.73 Å². The number of hydrogen-bond acceptors (Lipinski definition) is 9. The Bertz CT molecular complexity index is 1320. The number of unbranched alkanes of at least 4 members (excludes halogenated alkanes) is 12. The zero-order valence-electron chi connectivity index (χ0n) is 36.3. The Morgan fingerprint density at radius 1 is 0.542 bits per heavy atom. The summed E-state index contributed by atoms with van der Waals surface area (Å²) in [6.07, 6.45) is 50.9. The Labute approximate surface area is 356 Å². The summed E-state index contributed by atoms with van der Waals surface area (Å²) in [6.45, 7) is 2.59. The van der Waals surface area contributed by atoms with Crippen LogP contribution in [-0.2, 0) is 37.5 Å². The first-order valence-corrected chi connectivity index (χ1v) is 23.6. The largest absolute Gasteiger partial charge is 0.480 e. The first-order chi connectivity index (χ1) is 28.6. The third kappa shape index (κ3) is 41.2. The van der Waals surface area contributed by atoms with Crippen molar-refractivity contribution in [2.24, 2.45) is 5.73 Å². The molecular formula is C47H78NO10P. The molecular weight excluding hydrogens is 769 g/mol. The predicted octanol–water partition coefficient (Wildman–Crippen LogP) is 11.9. The number of phosphoric acid groups is 1. The molecule has 0 aliphatic heterocycles. The third-order valence-electron chi connectivity index (χ3n) is 8.89. The van der Waals surface area contributed by atoms with Crippen molar-refractivity contribution in [2.75, 3.05) is 19.8 Å². The Morgan fingerprint density at radius 2 is 0.983 bits per heavy atom. The highest BCUT2D eigenvalue weighted by Crippen LogP contribution is 2.43. The molecule has 0 saturated carbocycles. The predicted molar refractivity (Wildman–Crippen MR) is 240 cm³/mol. The van der Waals surface area contributed by atoms with E-state index >= 15 is 0 Å². The number of carboxylic acids is 1. The van der Waals surface area contributed by atoms with Gasteiger partial charge < -0.3 is 25.2 Å². The molecule has 0 rings (SSSR count). The van der Waals surface area contributed by atoms with Gasteiger partial charge in [-0.15, -0.1) is 0 Å². The van der Waals surface area contributed by atoms with E-state index in [-0.39, 0.29) is 12.8 Å². The fourth-order valence-electron chi connectivity index (χ4n) is 5.44. The number of rotatable bonds is 40. The van der Waals surface area contributed by atoms with Crippen LogP contribution in [0.15, 0.2) is 85.1 Å². The Morgan fingerprint density at radius 3 is 1.49 bits per heavy atom. The highest BCUT2D eigenvalue weighted by atomic mass is 31.2. The van der Waals surface area contributed by atoms with Crippen molar-refractivity contribution < 1.29 is 47.5 Å². The van der Waals surface area contributed by atoms with Crippen LogP contribution in [0.4, 0.5) is 0 Å². The fraction of sp³-hybridized carbons (Fsp3) is 0.638. The number of allylic oxidation sites excluding steroid dienone is 14. The van der Waals surface area contributed by atoms with Crippen molar-refractivity contribution in [1.29, 1.82) is 0 Å². The Hall–Kier alpha value is -3.34. The maximum atomic E-state index is 12.6. The van der Waals surface area contributed by atoms with E-state index < -0.39 is 57.7 Å². The van der Waals surface area contributed by atoms with E-state index in [4.69, 9.17) is 24.8 Å². The summed E-state index contributed by atoms with van der Waals surface area (Å²) in [5, 5.41) is 8.89. The van der Waals surface area contributed by atoms with Gasteiger partial charge in [-0.3, -0.25) is 23.4 Å². The van der Waals surface area contributed by atoms with Crippen LogP contribution in [0.25, 0.3) is 0 Å². The molecule has 0 saturated heterocycles. The van der Waals surface area contributed by atoms with Crippen molar-refractivity contribution in [3.8, 4) is 0 Å². The van der Waals surface area contributed by atoms with E-state index in [1.54, 1.807) is 0 Å². The van der Waals surface area contributed by atoms with Crippen LogP contribution in [-0.4, -0.2) is 59.9 Å². The molecule has 1 unspecified atom stereocenters. The molecule has 0 aromatic rings. The molecule has 12 heteroatoms. The van der Waals surface area contributed by atoms with Gasteiger partial charge in [-0.2, -0.15) is 0 Å². The molecule has 0 amide bonds. The van der Waals surface area contributed by atoms with E-state index in [2.05, 4.69) is 91.3 Å². The number of ether oxygens (including phenoxy) is 2. The lowest BCUT2D eigenvalue weighted by Gasteiger charge is -2.20. The summed E-state index contributed by atoms with van der Waals surface area (Å²) in [4.78, 5) is 45.9. The lowest BCUT2D eigenvalue weighted by Crippen LogP contribution is -2.34. The van der Waals surface area contributed by atoms with Crippen molar-refractivity contribution in [3.63, 3.8) is 0 Å². The molecule has 59 heavy (non-hydrogen) atoms. The summed E-state index contributed by atoms with van der Waals surface area (Å²) in [6, 6.07) is -1.54. The van der Waals surface area contributed by atoms with Gasteiger partial charge in [-0.1, -0.05) is 157 Å². The van der Waals surface area contributed by atoms with Crippen molar-refractivity contribution >= 4 is 25.7 Å². The summed E-state index contributed by atoms with van der Waals surface area (Å²) in [5.74, 6) is -2.50. The molecule has 0 spiro atoms. The average Bonchev–Trinajstić information content (AvgIpc) is 3.21. The van der Waals surface area contributed by atoms with Gasteiger partial charge in [-0.25, -0.2) is 4.57 Å². The first-order valence-electron chi connectivity index (χ1n) is 22.1. The molecule has 0 bridgehead atoms. The van der Waals surface area contributed by atoms with Crippen molar-refractivity contribution in [1.82, 2.24) is 0 Å². The SMILES string of the molecule is CC/C=C\C/C=C\C/C=C\C/C=C\C/C=C\C/C=C\CCC(=O)OC[C@H](COP(=O)(O)OC[C@H](N)C(=O)O)OC(=O)CCCCCCC/C=C\CCCCCCCCC. The normalized spacial score (nSPS) is 14.5. The van der Waals surface area contributed by atoms with E-state index in [1.807, 2.05) is 12.2 Å². The van der Waals surface area contributed by atoms with Crippen LogP contribution >= 0.6 is 7.82 Å². The van der Waals surface area contributed by atoms with Crippen molar-refractivity contribution in [3.05, 3.63) is 85.1 Å². The molecule has 11 nitrogen and oxygen atoms in total. The topological polar surface area (TPSA) is 172 Å². The van der Waals surface area contributed by atoms with Crippen LogP contribution in [0.5, 0.6) is 0 Å². The lowest BCUT2D eigenvalue weighted by molar-refractivity contribution is -0.161. The fourth-order valence-corrected chi connectivity index (χ4v) is 6.22. The van der Waals surface area contributed by atoms with Gasteiger partial charge in [0.1, 0.15) is 12.6 Å². The lowest BCUT2D eigenvalue weighted by atomic mass is 10.1. The zero-order chi connectivity index (χ0) is 43.5. The second-order valence-electron chi connectivity index (χ2n) is 14.4. The molecule has 0 radical (unpaired) electrons. The first kappa shape index (κ1) is 55.7. The van der Waals surface area contributed by atoms with Crippen molar-refractivity contribution in [2.45, 2.75) is 174 Å². The number of nitrogens with two attached hydrogens (primary N) is 1. The van der Waals surface area contributed by atoms with E-state index in [0.29, 0.717) is 12.8 Å². The monoisotopic (exact) mass is 848 g/mol. The molecule has 3 atom stereocenters. The van der Waals surface area contributed by atoms with Gasteiger partial charge in [0.15, 0.2) is 6.10 Å². The number of carbonyl (C=O) groups excluding carboxylic acids is 2. The molecule has 0 heterocycles. The minimum absolute atomic E-state index is 0.0906. The number of esters is 2. The quantitative estimate of drug-likeness (QED) is 0.0232. The molecule has 4 N–H and O–H groups in total. The number of phosphoric ester groups is 1. The second kappa shape index (κ2) is 41.4. The Balaban J connectivity index is 4.50. The van der Waals surface area contributed by atoms with E-state index in [9.17, 15) is 23.8 Å². The number of carboxylic acid groups (broad SMARTS) is 1. The van der Waals surface area contributed by atoms with Gasteiger partial charge in [0.2, 0.25) is 0 Å². The number of aliphatic carboxylic acids is 1. The molecule has 336 valence electrons. The summed E-state index contributed by atoms with van der Waals surface area (Å²) in [7, 11) is -4.74. The van der Waals surface area contributed by atoms with Gasteiger partial charge in [-0.05, 0) is 77.0 Å². The maximum Gasteiger partial charge on any atom is 0.472 e. The molecule has 0 aromatic carbocycles. The van der Waals surface area contributed by atoms with Crippen LogP contribution in [0, 0.1) is 0 Å². The van der Waals surface area contributed by atoms with Crippen LogP contribution in [0.3, 0.4) is 0 Å². The second-order valence-corrected chi connectivity index (χ2v) is 15.9. The third-order valence-corrected chi connectivity index (χ3v) is 9.84. The zero-order valence-corrected chi connectivity index (χ0v) is 37.2. The minimum Gasteiger partial charge on any atom is -0.480 e. The summed E-state index contributed by atoms with van der Waals surface area (Å²) < 4.78 is 32.6. The standard InChI is InChI=1S/C47H78NO10P/c1-3-5-7-9-11-13-15-17-19-21-22-23-25-26-28-30-32-34-36-38-45(49)55-40-43(41-56-59(53,54)57-42-44(48)47(51)52)58-46(50)39-37-35-33-31-29-27-24-20-18-16-14-12-10-8-6-4-2/h5,7,11,13,17,19-20,22-24,26,28,32,34,43-44H,3-4,6,8-10,12,14-16,18,21,25,27,29-31,33,35-42,48H2,1-2H3,(H,51,52)(H,53,54)/b7-5-,13-11-,19-17-,23-22-,24-20-,28-26-,34-32-/t43-,44+/m1/s1. The van der Waals surface area contributed by atoms with Crippen LogP contribution in [0.2, 0.25) is 0 Å². The maximum absolute atomic E-state index is 12.6. The van der Waals surface area contributed by atoms with Gasteiger partial charge in [0.05, 0.1) is 13.2 Å². The minimum atomic E-state index is -4.74. The van der Waals surface area contributed by atoms with Gasteiger partial charge >= 0.3 is 25.7 Å². The number of hydrogen-bond donors (Lipinski definition) is 3. The Kier molecular flexibility index (Phi) is 39.1. The van der Waals surface area contributed by atoms with E-state index in [0.717, 1.165) is 77.0 Å². The average molecular weight is 848 g/mol.